The standard InChI is InChI=1S/C11H17N3O/c1-8-6-13-7-10(8)11(15)14-4-2-9(12)3-5-14/h6-7,9,13H,2-5,12H2,1H3. The van der Waals surface area contributed by atoms with Gasteiger partial charge in [0.25, 0.3) is 5.91 Å². The summed E-state index contributed by atoms with van der Waals surface area (Å²) in [6, 6.07) is 0.265. The molecule has 0 unspecified atom stereocenters. The highest BCUT2D eigenvalue weighted by Gasteiger charge is 2.22. The molecule has 4 nitrogen and oxygen atoms in total. The summed E-state index contributed by atoms with van der Waals surface area (Å²) >= 11 is 0. The van der Waals surface area contributed by atoms with Crippen molar-refractivity contribution in [3.8, 4) is 0 Å². The van der Waals surface area contributed by atoms with Crippen LogP contribution < -0.4 is 5.73 Å². The molecule has 0 radical (unpaired) electrons. The number of hydrogen-bond donors (Lipinski definition) is 2. The normalized spacial score (nSPS) is 18.1. The lowest BCUT2D eigenvalue weighted by Gasteiger charge is -2.30. The Balaban J connectivity index is 2.06. The molecular weight excluding hydrogens is 190 g/mol. The summed E-state index contributed by atoms with van der Waals surface area (Å²) < 4.78 is 0. The average molecular weight is 207 g/mol. The van der Waals surface area contributed by atoms with E-state index >= 15 is 0 Å². The van der Waals surface area contributed by atoms with Gasteiger partial charge in [0.15, 0.2) is 0 Å². The van der Waals surface area contributed by atoms with Crippen molar-refractivity contribution >= 4 is 5.91 Å². The lowest BCUT2D eigenvalue weighted by Crippen LogP contribution is -2.42. The SMILES string of the molecule is Cc1c[nH]cc1C(=O)N1CCC(N)CC1. The second kappa shape index (κ2) is 4.06. The highest BCUT2D eigenvalue weighted by molar-refractivity contribution is 5.95. The summed E-state index contributed by atoms with van der Waals surface area (Å²) in [6.45, 7) is 3.51. The average Bonchev–Trinajstić information content (AvgIpc) is 2.65. The molecule has 1 aliphatic heterocycles. The molecule has 1 aliphatic rings. The molecule has 0 bridgehead atoms. The van der Waals surface area contributed by atoms with Crippen LogP contribution in [-0.2, 0) is 0 Å². The number of carbonyl (C=O) groups excluding carboxylic acids is 1. The van der Waals surface area contributed by atoms with E-state index in [9.17, 15) is 4.79 Å². The van der Waals surface area contributed by atoms with Crippen molar-refractivity contribution in [2.24, 2.45) is 5.73 Å². The molecule has 0 spiro atoms. The van der Waals surface area contributed by atoms with Gasteiger partial charge in [0.1, 0.15) is 0 Å². The van der Waals surface area contributed by atoms with E-state index in [4.69, 9.17) is 5.73 Å². The molecule has 1 fully saturated rings. The minimum absolute atomic E-state index is 0.126. The Morgan fingerprint density at radius 2 is 2.13 bits per heavy atom. The molecule has 1 aromatic rings. The Morgan fingerprint density at radius 1 is 1.47 bits per heavy atom. The summed E-state index contributed by atoms with van der Waals surface area (Å²) in [4.78, 5) is 16.9. The van der Waals surface area contributed by atoms with Crippen molar-refractivity contribution in [3.05, 3.63) is 23.5 Å². The molecule has 1 amide bonds. The van der Waals surface area contributed by atoms with Crippen molar-refractivity contribution < 1.29 is 4.79 Å². The lowest BCUT2D eigenvalue weighted by molar-refractivity contribution is 0.0714. The Kier molecular flexibility index (Phi) is 2.77. The van der Waals surface area contributed by atoms with Crippen LogP contribution in [0, 0.1) is 6.92 Å². The number of nitrogens with one attached hydrogen (secondary N) is 1. The number of amides is 1. The van der Waals surface area contributed by atoms with Crippen molar-refractivity contribution in [2.45, 2.75) is 25.8 Å². The number of nitrogens with zero attached hydrogens (tertiary/aromatic N) is 1. The number of rotatable bonds is 1. The molecule has 15 heavy (non-hydrogen) atoms. The first kappa shape index (κ1) is 10.2. The van der Waals surface area contributed by atoms with Crippen molar-refractivity contribution in [1.82, 2.24) is 9.88 Å². The first-order valence-corrected chi connectivity index (χ1v) is 5.36. The number of carbonyl (C=O) groups is 1. The van der Waals surface area contributed by atoms with Gasteiger partial charge in [0, 0.05) is 31.5 Å². The van der Waals surface area contributed by atoms with Gasteiger partial charge in [-0.2, -0.15) is 0 Å². The van der Waals surface area contributed by atoms with Crippen molar-refractivity contribution in [1.29, 1.82) is 0 Å². The monoisotopic (exact) mass is 207 g/mol. The Labute approximate surface area is 89.5 Å². The molecule has 0 atom stereocenters. The van der Waals surface area contributed by atoms with Crippen molar-refractivity contribution in [2.75, 3.05) is 13.1 Å². The van der Waals surface area contributed by atoms with Gasteiger partial charge in [0.2, 0.25) is 0 Å². The molecule has 3 N–H and O–H groups in total. The van der Waals surface area contributed by atoms with E-state index in [0.717, 1.165) is 37.1 Å². The van der Waals surface area contributed by atoms with Crippen molar-refractivity contribution in [3.63, 3.8) is 0 Å². The summed E-state index contributed by atoms with van der Waals surface area (Å²) in [6.07, 6.45) is 5.44. The highest BCUT2D eigenvalue weighted by atomic mass is 16.2. The molecular formula is C11H17N3O. The van der Waals surface area contributed by atoms with E-state index in [2.05, 4.69) is 4.98 Å². The van der Waals surface area contributed by atoms with Crippen LogP contribution in [0.5, 0.6) is 0 Å². The highest BCUT2D eigenvalue weighted by Crippen LogP contribution is 2.14. The molecule has 2 heterocycles. The second-order valence-electron chi connectivity index (χ2n) is 4.18. The zero-order chi connectivity index (χ0) is 10.8. The molecule has 1 saturated heterocycles. The second-order valence-corrected chi connectivity index (χ2v) is 4.18. The van der Waals surface area contributed by atoms with Crippen LogP contribution in [0.15, 0.2) is 12.4 Å². The van der Waals surface area contributed by atoms with Gasteiger partial charge in [-0.3, -0.25) is 4.79 Å². The minimum atomic E-state index is 0.126. The van der Waals surface area contributed by atoms with E-state index in [-0.39, 0.29) is 11.9 Å². The van der Waals surface area contributed by atoms with Crippen LogP contribution in [-0.4, -0.2) is 34.9 Å². The molecule has 2 rings (SSSR count). The number of piperidine rings is 1. The maximum absolute atomic E-state index is 12.1. The van der Waals surface area contributed by atoms with Gasteiger partial charge in [-0.1, -0.05) is 0 Å². The summed E-state index contributed by atoms with van der Waals surface area (Å²) in [5, 5.41) is 0. The van der Waals surface area contributed by atoms with Crippen LogP contribution in [0.25, 0.3) is 0 Å². The fourth-order valence-electron chi connectivity index (χ4n) is 1.94. The van der Waals surface area contributed by atoms with E-state index in [0.29, 0.717) is 0 Å². The van der Waals surface area contributed by atoms with E-state index in [1.54, 1.807) is 6.20 Å². The summed E-state index contributed by atoms with van der Waals surface area (Å²) in [5.41, 5.74) is 7.59. The fraction of sp³-hybridized carbons (Fsp3) is 0.545. The molecule has 1 aromatic heterocycles. The maximum atomic E-state index is 12.1. The largest absolute Gasteiger partial charge is 0.367 e. The van der Waals surface area contributed by atoms with Gasteiger partial charge >= 0.3 is 0 Å². The van der Waals surface area contributed by atoms with E-state index in [1.165, 1.54) is 0 Å². The summed E-state index contributed by atoms with van der Waals surface area (Å²) in [7, 11) is 0. The molecule has 0 saturated carbocycles. The number of hydrogen-bond acceptors (Lipinski definition) is 2. The first-order chi connectivity index (χ1) is 7.18. The lowest BCUT2D eigenvalue weighted by atomic mass is 10.0. The third-order valence-corrected chi connectivity index (χ3v) is 3.01. The Bertz CT molecular complexity index is 350. The number of likely N-dealkylation sites (tertiary alicyclic amines) is 1. The number of aromatic nitrogens is 1. The third kappa shape index (κ3) is 2.04. The molecule has 0 aliphatic carbocycles. The topological polar surface area (TPSA) is 62.1 Å². The van der Waals surface area contributed by atoms with Crippen LogP contribution in [0.1, 0.15) is 28.8 Å². The van der Waals surface area contributed by atoms with Crippen LogP contribution in [0.3, 0.4) is 0 Å². The van der Waals surface area contributed by atoms with Gasteiger partial charge in [0.05, 0.1) is 5.56 Å². The Hall–Kier alpha value is -1.29. The molecule has 4 heteroatoms. The Morgan fingerprint density at radius 3 is 2.67 bits per heavy atom. The van der Waals surface area contributed by atoms with Gasteiger partial charge in [-0.05, 0) is 25.3 Å². The predicted octanol–water partition coefficient (Wildman–Crippen LogP) is 0.886. The van der Waals surface area contributed by atoms with Crippen LogP contribution in [0.2, 0.25) is 0 Å². The maximum Gasteiger partial charge on any atom is 0.255 e. The number of aromatic amines is 1. The third-order valence-electron chi connectivity index (χ3n) is 3.01. The number of aryl methyl sites for hydroxylation is 1. The number of nitrogens with two attached hydrogens (primary N) is 1. The quantitative estimate of drug-likeness (QED) is 0.718. The summed E-state index contributed by atoms with van der Waals surface area (Å²) in [5.74, 6) is 0.126. The molecule has 82 valence electrons. The predicted molar refractivity (Wildman–Crippen MR) is 58.6 cm³/mol. The van der Waals surface area contributed by atoms with Crippen LogP contribution in [0.4, 0.5) is 0 Å². The first-order valence-electron chi connectivity index (χ1n) is 5.36. The fourth-order valence-corrected chi connectivity index (χ4v) is 1.94. The van der Waals surface area contributed by atoms with Gasteiger partial charge in [-0.25, -0.2) is 0 Å². The van der Waals surface area contributed by atoms with Crippen LogP contribution >= 0.6 is 0 Å². The smallest absolute Gasteiger partial charge is 0.255 e. The van der Waals surface area contributed by atoms with Gasteiger partial charge in [-0.15, -0.1) is 0 Å². The van der Waals surface area contributed by atoms with E-state index in [1.807, 2.05) is 18.0 Å². The van der Waals surface area contributed by atoms with E-state index < -0.39 is 0 Å². The number of H-pyrrole nitrogens is 1. The zero-order valence-electron chi connectivity index (χ0n) is 8.99. The van der Waals surface area contributed by atoms with Gasteiger partial charge < -0.3 is 15.6 Å². The molecule has 0 aromatic carbocycles. The minimum Gasteiger partial charge on any atom is -0.367 e. The zero-order valence-corrected chi connectivity index (χ0v) is 8.99.